The minimum absolute atomic E-state index is 0.183. The lowest BCUT2D eigenvalue weighted by Crippen LogP contribution is -2.01. The van der Waals surface area contributed by atoms with Gasteiger partial charge in [-0.3, -0.25) is 10.1 Å². The number of benzene rings is 1. The molecule has 0 spiro atoms. The molecule has 2 rings (SSSR count). The molecule has 96 valence electrons. The maximum Gasteiger partial charge on any atom is 0.278 e. The van der Waals surface area contributed by atoms with E-state index in [2.05, 4.69) is 18.4 Å². The highest BCUT2D eigenvalue weighted by molar-refractivity contribution is 7.99. The van der Waals surface area contributed by atoms with Crippen molar-refractivity contribution >= 4 is 28.4 Å². The van der Waals surface area contributed by atoms with Gasteiger partial charge < -0.3 is 4.57 Å². The molecule has 0 aliphatic heterocycles. The smallest absolute Gasteiger partial charge is 0.278 e. The lowest BCUT2D eigenvalue weighted by Gasteiger charge is -2.07. The fourth-order valence-corrected chi connectivity index (χ4v) is 2.72. The van der Waals surface area contributed by atoms with Gasteiger partial charge in [-0.05, 0) is 17.4 Å². The Morgan fingerprint density at radius 2 is 2.17 bits per heavy atom. The monoisotopic (exact) mass is 264 g/mol. The highest BCUT2D eigenvalue weighted by Gasteiger charge is 2.13. The summed E-state index contributed by atoms with van der Waals surface area (Å²) in [5.74, 6) is 1.02. The van der Waals surface area contributed by atoms with Crippen LogP contribution in [0.4, 0.5) is 5.69 Å². The van der Waals surface area contributed by atoms with E-state index in [4.69, 9.17) is 0 Å². The average molecular weight is 264 g/mol. The summed E-state index contributed by atoms with van der Waals surface area (Å²) in [6, 6.07) is 7.05. The van der Waals surface area contributed by atoms with Crippen molar-refractivity contribution in [3.63, 3.8) is 0 Å². The maximum atomic E-state index is 10.9. The zero-order valence-corrected chi connectivity index (χ0v) is 11.3. The Bertz CT molecular complexity index is 563. The van der Waals surface area contributed by atoms with Crippen LogP contribution in [0.15, 0.2) is 30.5 Å². The summed E-state index contributed by atoms with van der Waals surface area (Å²) in [6.07, 6.45) is 1.93. The number of nitro groups is 1. The SMILES string of the molecule is CC(C)SCCn1ccc2c([N+](=O)[O-])cccc21. The topological polar surface area (TPSA) is 48.1 Å². The molecule has 0 aliphatic rings. The Hall–Kier alpha value is -1.49. The predicted octanol–water partition coefficient (Wildman–Crippen LogP) is 3.69. The summed E-state index contributed by atoms with van der Waals surface area (Å²) in [5, 5.41) is 12.3. The minimum atomic E-state index is -0.324. The van der Waals surface area contributed by atoms with Crippen molar-refractivity contribution in [3.05, 3.63) is 40.6 Å². The first-order valence-corrected chi connectivity index (χ1v) is 6.98. The van der Waals surface area contributed by atoms with Crippen LogP contribution in [-0.2, 0) is 6.54 Å². The average Bonchev–Trinajstić information content (AvgIpc) is 2.72. The first-order chi connectivity index (χ1) is 8.59. The van der Waals surface area contributed by atoms with Crippen molar-refractivity contribution in [1.29, 1.82) is 0 Å². The summed E-state index contributed by atoms with van der Waals surface area (Å²) < 4.78 is 2.08. The molecule has 0 unspecified atom stereocenters. The van der Waals surface area contributed by atoms with E-state index in [0.29, 0.717) is 5.25 Å². The number of hydrogen-bond donors (Lipinski definition) is 0. The van der Waals surface area contributed by atoms with Gasteiger partial charge in [0.15, 0.2) is 0 Å². The van der Waals surface area contributed by atoms with Gasteiger partial charge in [0.25, 0.3) is 5.69 Å². The molecule has 0 amide bonds. The van der Waals surface area contributed by atoms with Crippen molar-refractivity contribution in [2.75, 3.05) is 5.75 Å². The van der Waals surface area contributed by atoms with Crippen LogP contribution in [-0.4, -0.2) is 20.5 Å². The molecule has 18 heavy (non-hydrogen) atoms. The van der Waals surface area contributed by atoms with Gasteiger partial charge in [0.05, 0.1) is 15.8 Å². The second-order valence-corrected chi connectivity index (χ2v) is 6.08. The fraction of sp³-hybridized carbons (Fsp3) is 0.385. The summed E-state index contributed by atoms with van der Waals surface area (Å²) >= 11 is 1.89. The first-order valence-electron chi connectivity index (χ1n) is 5.93. The third kappa shape index (κ3) is 2.67. The number of nitro benzene ring substituents is 1. The molecule has 0 atom stereocenters. The second kappa shape index (κ2) is 5.44. The van der Waals surface area contributed by atoms with Gasteiger partial charge in [-0.25, -0.2) is 0 Å². The molecular weight excluding hydrogens is 248 g/mol. The van der Waals surface area contributed by atoms with Crippen LogP contribution in [0.5, 0.6) is 0 Å². The van der Waals surface area contributed by atoms with Crippen molar-refractivity contribution in [3.8, 4) is 0 Å². The van der Waals surface area contributed by atoms with Gasteiger partial charge in [-0.15, -0.1) is 0 Å². The standard InChI is InChI=1S/C13H16N2O2S/c1-10(2)18-9-8-14-7-6-11-12(14)4-3-5-13(11)15(16)17/h3-7,10H,8-9H2,1-2H3. The van der Waals surface area contributed by atoms with Crippen LogP contribution in [0.2, 0.25) is 0 Å². The van der Waals surface area contributed by atoms with E-state index >= 15 is 0 Å². The largest absolute Gasteiger partial charge is 0.346 e. The number of rotatable bonds is 5. The van der Waals surface area contributed by atoms with Crippen LogP contribution in [0.3, 0.4) is 0 Å². The quantitative estimate of drug-likeness (QED) is 0.611. The molecule has 1 aromatic heterocycles. The van der Waals surface area contributed by atoms with E-state index in [9.17, 15) is 10.1 Å². The highest BCUT2D eigenvalue weighted by atomic mass is 32.2. The van der Waals surface area contributed by atoms with E-state index in [1.807, 2.05) is 30.1 Å². The Morgan fingerprint density at radius 1 is 1.39 bits per heavy atom. The lowest BCUT2D eigenvalue weighted by atomic mass is 10.2. The molecule has 0 fully saturated rings. The Kier molecular flexibility index (Phi) is 3.91. The number of thioether (sulfide) groups is 1. The zero-order chi connectivity index (χ0) is 13.1. The van der Waals surface area contributed by atoms with Crippen LogP contribution in [0.1, 0.15) is 13.8 Å². The van der Waals surface area contributed by atoms with Crippen molar-refractivity contribution < 1.29 is 4.92 Å². The maximum absolute atomic E-state index is 10.9. The molecule has 0 bridgehead atoms. The molecule has 0 saturated heterocycles. The van der Waals surface area contributed by atoms with Crippen molar-refractivity contribution in [2.24, 2.45) is 0 Å². The first kappa shape index (κ1) is 13.0. The number of non-ortho nitro benzene ring substituents is 1. The van der Waals surface area contributed by atoms with Crippen molar-refractivity contribution in [2.45, 2.75) is 25.6 Å². The number of fused-ring (bicyclic) bond motifs is 1. The molecule has 0 radical (unpaired) electrons. The van der Waals surface area contributed by atoms with Crippen molar-refractivity contribution in [1.82, 2.24) is 4.57 Å². The molecule has 5 heteroatoms. The number of aromatic nitrogens is 1. The van der Waals surface area contributed by atoms with Crippen LogP contribution in [0, 0.1) is 10.1 Å². The summed E-state index contributed by atoms with van der Waals surface area (Å²) in [6.45, 7) is 5.22. The Labute approximate surface area is 110 Å². The number of hydrogen-bond acceptors (Lipinski definition) is 3. The van der Waals surface area contributed by atoms with Gasteiger partial charge in [0, 0.05) is 24.6 Å². The van der Waals surface area contributed by atoms with Gasteiger partial charge >= 0.3 is 0 Å². The molecule has 1 aromatic carbocycles. The van der Waals surface area contributed by atoms with Crippen LogP contribution >= 0.6 is 11.8 Å². The van der Waals surface area contributed by atoms with Gasteiger partial charge in [-0.1, -0.05) is 19.9 Å². The van der Waals surface area contributed by atoms with E-state index in [-0.39, 0.29) is 10.6 Å². The Morgan fingerprint density at radius 3 is 2.83 bits per heavy atom. The minimum Gasteiger partial charge on any atom is -0.346 e. The van der Waals surface area contributed by atoms with E-state index in [1.54, 1.807) is 12.1 Å². The summed E-state index contributed by atoms with van der Waals surface area (Å²) in [7, 11) is 0. The molecule has 1 heterocycles. The third-order valence-electron chi connectivity index (χ3n) is 2.77. The van der Waals surface area contributed by atoms with Crippen LogP contribution < -0.4 is 0 Å². The predicted molar refractivity (Wildman–Crippen MR) is 76.2 cm³/mol. The summed E-state index contributed by atoms with van der Waals surface area (Å²) in [4.78, 5) is 10.6. The zero-order valence-electron chi connectivity index (χ0n) is 10.5. The fourth-order valence-electron chi connectivity index (χ4n) is 1.95. The van der Waals surface area contributed by atoms with E-state index < -0.39 is 0 Å². The second-order valence-electron chi connectivity index (χ2n) is 4.40. The van der Waals surface area contributed by atoms with E-state index in [1.165, 1.54) is 0 Å². The normalized spacial score (nSPS) is 11.3. The van der Waals surface area contributed by atoms with Gasteiger partial charge in [0.1, 0.15) is 0 Å². The van der Waals surface area contributed by atoms with Gasteiger partial charge in [-0.2, -0.15) is 11.8 Å². The third-order valence-corrected chi connectivity index (χ3v) is 3.86. The van der Waals surface area contributed by atoms with Crippen LogP contribution in [0.25, 0.3) is 10.9 Å². The van der Waals surface area contributed by atoms with Gasteiger partial charge in [0.2, 0.25) is 0 Å². The molecule has 0 N–H and O–H groups in total. The summed E-state index contributed by atoms with van der Waals surface area (Å²) in [5.41, 5.74) is 1.12. The molecule has 2 aromatic rings. The molecule has 4 nitrogen and oxygen atoms in total. The molecule has 0 aliphatic carbocycles. The molecular formula is C13H16N2O2S. The highest BCUT2D eigenvalue weighted by Crippen LogP contribution is 2.26. The number of nitrogens with zero attached hydrogens (tertiary/aromatic N) is 2. The van der Waals surface area contributed by atoms with E-state index in [0.717, 1.165) is 23.2 Å². The Balaban J connectivity index is 2.26. The number of aryl methyl sites for hydroxylation is 1. The molecule has 0 saturated carbocycles. The lowest BCUT2D eigenvalue weighted by molar-refractivity contribution is -0.383.